The Bertz CT molecular complexity index is 496. The van der Waals surface area contributed by atoms with Crippen molar-refractivity contribution in [1.29, 1.82) is 0 Å². The molecule has 1 saturated heterocycles. The molecule has 0 amide bonds. The molecule has 100 valence electrons. The molecule has 0 spiro atoms. The van der Waals surface area contributed by atoms with Crippen LogP contribution in [0.4, 0.5) is 5.69 Å². The summed E-state index contributed by atoms with van der Waals surface area (Å²) in [4.78, 5) is 0.391. The van der Waals surface area contributed by atoms with Crippen LogP contribution in [0.15, 0.2) is 29.2 Å². The van der Waals surface area contributed by atoms with Crippen molar-refractivity contribution < 1.29 is 8.42 Å². The molecule has 0 bridgehead atoms. The Morgan fingerprint density at radius 3 is 2.56 bits per heavy atom. The summed E-state index contributed by atoms with van der Waals surface area (Å²) in [6.07, 6.45) is 2.82. The first-order chi connectivity index (χ1) is 8.59. The Kier molecular flexibility index (Phi) is 3.92. The van der Waals surface area contributed by atoms with Crippen LogP contribution < -0.4 is 5.32 Å². The van der Waals surface area contributed by atoms with Gasteiger partial charge in [0.2, 0.25) is 10.0 Å². The zero-order valence-corrected chi connectivity index (χ0v) is 11.7. The van der Waals surface area contributed by atoms with E-state index in [2.05, 4.69) is 5.32 Å². The molecule has 5 heteroatoms. The molecule has 1 aliphatic rings. The molecule has 18 heavy (non-hydrogen) atoms. The highest BCUT2D eigenvalue weighted by molar-refractivity contribution is 7.89. The van der Waals surface area contributed by atoms with E-state index >= 15 is 0 Å². The molecule has 1 aromatic rings. The number of benzene rings is 1. The van der Waals surface area contributed by atoms with Gasteiger partial charge in [-0.15, -0.1) is 0 Å². The first kappa shape index (κ1) is 13.4. The average molecular weight is 268 g/mol. The highest BCUT2D eigenvalue weighted by Crippen LogP contribution is 2.28. The Balaban J connectivity index is 2.29. The number of rotatable bonds is 4. The number of nitrogens with one attached hydrogen (secondary N) is 1. The van der Waals surface area contributed by atoms with Gasteiger partial charge in [-0.05, 0) is 43.5 Å². The smallest absolute Gasteiger partial charge is 0.243 e. The lowest BCUT2D eigenvalue weighted by Gasteiger charge is -2.23. The minimum Gasteiger partial charge on any atom is -0.388 e. The SMILES string of the molecule is CCC1CCCN1S(=O)(=O)c1ccc(NC)cc1. The average Bonchev–Trinajstić information content (AvgIpc) is 2.88. The fourth-order valence-electron chi connectivity index (χ4n) is 2.46. The van der Waals surface area contributed by atoms with Crippen LogP contribution in [0.5, 0.6) is 0 Å². The Labute approximate surface area is 109 Å². The lowest BCUT2D eigenvalue weighted by molar-refractivity contribution is 0.379. The summed E-state index contributed by atoms with van der Waals surface area (Å²) >= 11 is 0. The van der Waals surface area contributed by atoms with Crippen LogP contribution in [-0.4, -0.2) is 32.4 Å². The molecule has 0 aliphatic carbocycles. The Hall–Kier alpha value is -1.07. The van der Waals surface area contributed by atoms with Crippen molar-refractivity contribution in [1.82, 2.24) is 4.31 Å². The third kappa shape index (κ3) is 2.37. The fraction of sp³-hybridized carbons (Fsp3) is 0.538. The van der Waals surface area contributed by atoms with Gasteiger partial charge in [-0.2, -0.15) is 4.31 Å². The second-order valence-electron chi connectivity index (χ2n) is 4.59. The molecule has 4 nitrogen and oxygen atoms in total. The molecule has 1 fully saturated rings. The maximum Gasteiger partial charge on any atom is 0.243 e. The van der Waals surface area contributed by atoms with E-state index in [1.54, 1.807) is 28.6 Å². The summed E-state index contributed by atoms with van der Waals surface area (Å²) in [7, 11) is -1.50. The van der Waals surface area contributed by atoms with Crippen LogP contribution in [-0.2, 0) is 10.0 Å². The Morgan fingerprint density at radius 1 is 1.33 bits per heavy atom. The van der Waals surface area contributed by atoms with Crippen molar-refractivity contribution in [2.24, 2.45) is 0 Å². The first-order valence-electron chi connectivity index (χ1n) is 6.39. The summed E-state index contributed by atoms with van der Waals surface area (Å²) in [5, 5.41) is 2.99. The van der Waals surface area contributed by atoms with Crippen LogP contribution in [0.2, 0.25) is 0 Å². The molecule has 1 heterocycles. The highest BCUT2D eigenvalue weighted by atomic mass is 32.2. The minimum absolute atomic E-state index is 0.166. The standard InChI is InChI=1S/C13H20N2O2S/c1-3-12-5-4-10-15(12)18(16,17)13-8-6-11(14-2)7-9-13/h6-9,12,14H,3-5,10H2,1-2H3. The van der Waals surface area contributed by atoms with Gasteiger partial charge >= 0.3 is 0 Å². The van der Waals surface area contributed by atoms with E-state index in [1.807, 2.05) is 14.0 Å². The van der Waals surface area contributed by atoms with E-state index in [9.17, 15) is 8.42 Å². The van der Waals surface area contributed by atoms with Gasteiger partial charge in [0.05, 0.1) is 4.90 Å². The van der Waals surface area contributed by atoms with Gasteiger partial charge in [0.15, 0.2) is 0 Å². The van der Waals surface area contributed by atoms with Gasteiger partial charge < -0.3 is 5.32 Å². The van der Waals surface area contributed by atoms with Gasteiger partial charge in [-0.3, -0.25) is 0 Å². The summed E-state index contributed by atoms with van der Waals surface area (Å²) in [5.41, 5.74) is 0.919. The number of nitrogens with zero attached hydrogens (tertiary/aromatic N) is 1. The molecule has 0 saturated carbocycles. The summed E-state index contributed by atoms with van der Waals surface area (Å²) in [6, 6.07) is 7.10. The van der Waals surface area contributed by atoms with Crippen molar-refractivity contribution in [2.45, 2.75) is 37.1 Å². The van der Waals surface area contributed by atoms with Gasteiger partial charge in [-0.25, -0.2) is 8.42 Å². The molecular weight excluding hydrogens is 248 g/mol. The summed E-state index contributed by atoms with van der Waals surface area (Å²) < 4.78 is 26.7. The van der Waals surface area contributed by atoms with E-state index in [-0.39, 0.29) is 6.04 Å². The van der Waals surface area contributed by atoms with Crippen molar-refractivity contribution >= 4 is 15.7 Å². The van der Waals surface area contributed by atoms with Gasteiger partial charge in [-0.1, -0.05) is 6.92 Å². The number of sulfonamides is 1. The second kappa shape index (κ2) is 5.28. The quantitative estimate of drug-likeness (QED) is 0.911. The van der Waals surface area contributed by atoms with Crippen molar-refractivity contribution in [3.05, 3.63) is 24.3 Å². The largest absolute Gasteiger partial charge is 0.388 e. The van der Waals surface area contributed by atoms with Crippen LogP contribution in [0.25, 0.3) is 0 Å². The van der Waals surface area contributed by atoms with E-state index in [0.29, 0.717) is 11.4 Å². The molecule has 1 aromatic carbocycles. The third-order valence-corrected chi connectivity index (χ3v) is 5.51. The maximum absolute atomic E-state index is 12.5. The first-order valence-corrected chi connectivity index (χ1v) is 7.83. The fourth-order valence-corrected chi connectivity index (χ4v) is 4.23. The lowest BCUT2D eigenvalue weighted by atomic mass is 10.2. The van der Waals surface area contributed by atoms with Gasteiger partial charge in [0, 0.05) is 25.3 Å². The third-order valence-electron chi connectivity index (χ3n) is 3.54. The van der Waals surface area contributed by atoms with E-state index in [0.717, 1.165) is 24.9 Å². The second-order valence-corrected chi connectivity index (χ2v) is 6.48. The minimum atomic E-state index is -3.32. The zero-order valence-electron chi connectivity index (χ0n) is 10.9. The van der Waals surface area contributed by atoms with Crippen LogP contribution in [0, 0.1) is 0 Å². The predicted molar refractivity (Wildman–Crippen MR) is 73.2 cm³/mol. The summed E-state index contributed by atoms with van der Waals surface area (Å²) in [6.45, 7) is 2.69. The predicted octanol–water partition coefficient (Wildman–Crippen LogP) is 2.29. The van der Waals surface area contributed by atoms with Gasteiger partial charge in [0.25, 0.3) is 0 Å². The molecule has 2 rings (SSSR count). The van der Waals surface area contributed by atoms with Crippen molar-refractivity contribution in [3.63, 3.8) is 0 Å². The van der Waals surface area contributed by atoms with E-state index < -0.39 is 10.0 Å². The Morgan fingerprint density at radius 2 is 2.00 bits per heavy atom. The molecule has 1 aliphatic heterocycles. The van der Waals surface area contributed by atoms with Crippen LogP contribution in [0.3, 0.4) is 0 Å². The molecule has 1 N–H and O–H groups in total. The van der Waals surface area contributed by atoms with Crippen LogP contribution in [0.1, 0.15) is 26.2 Å². The normalized spacial score (nSPS) is 21.1. The number of hydrogen-bond acceptors (Lipinski definition) is 3. The summed E-state index contributed by atoms with van der Waals surface area (Å²) in [5.74, 6) is 0. The lowest BCUT2D eigenvalue weighted by Crippen LogP contribution is -2.35. The van der Waals surface area contributed by atoms with E-state index in [4.69, 9.17) is 0 Å². The van der Waals surface area contributed by atoms with Crippen LogP contribution >= 0.6 is 0 Å². The molecule has 0 aromatic heterocycles. The van der Waals surface area contributed by atoms with Crippen molar-refractivity contribution in [2.75, 3.05) is 18.9 Å². The highest BCUT2D eigenvalue weighted by Gasteiger charge is 2.33. The van der Waals surface area contributed by atoms with E-state index in [1.165, 1.54) is 0 Å². The van der Waals surface area contributed by atoms with Crippen molar-refractivity contribution in [3.8, 4) is 0 Å². The molecule has 0 radical (unpaired) electrons. The van der Waals surface area contributed by atoms with Gasteiger partial charge in [0.1, 0.15) is 0 Å². The number of hydrogen-bond donors (Lipinski definition) is 1. The molecule has 1 unspecified atom stereocenters. The molecule has 1 atom stereocenters. The molecular formula is C13H20N2O2S. The monoisotopic (exact) mass is 268 g/mol. The maximum atomic E-state index is 12.5. The topological polar surface area (TPSA) is 49.4 Å². The zero-order chi connectivity index (χ0) is 13.2. The number of anilines is 1.